The molecule has 0 bridgehead atoms. The van der Waals surface area contributed by atoms with E-state index in [0.717, 1.165) is 5.69 Å². The third-order valence-electron chi connectivity index (χ3n) is 3.82. The van der Waals surface area contributed by atoms with Crippen molar-refractivity contribution in [3.63, 3.8) is 0 Å². The van der Waals surface area contributed by atoms with Gasteiger partial charge in [0, 0.05) is 31.7 Å². The van der Waals surface area contributed by atoms with E-state index in [2.05, 4.69) is 15.6 Å². The van der Waals surface area contributed by atoms with Gasteiger partial charge in [-0.2, -0.15) is 0 Å². The molecule has 0 fully saturated rings. The Morgan fingerprint density at radius 1 is 1.00 bits per heavy atom. The number of furan rings is 1. The number of carbonyl (C=O) groups excluding carboxylic acids is 2. The molecule has 3 rings (SSSR count). The Morgan fingerprint density at radius 3 is 2.26 bits per heavy atom. The van der Waals surface area contributed by atoms with Gasteiger partial charge in [-0.05, 0) is 49.4 Å². The highest BCUT2D eigenvalue weighted by Gasteiger charge is 2.10. The van der Waals surface area contributed by atoms with Crippen LogP contribution in [0, 0.1) is 6.92 Å². The van der Waals surface area contributed by atoms with Gasteiger partial charge in [0.05, 0.1) is 11.1 Å². The van der Waals surface area contributed by atoms with Crippen molar-refractivity contribution in [3.8, 4) is 0 Å². The summed E-state index contributed by atoms with van der Waals surface area (Å²) in [5.74, 6) is 0.985. The quantitative estimate of drug-likeness (QED) is 0.721. The second-order valence-corrected chi connectivity index (χ2v) is 6.23. The Kier molecular flexibility index (Phi) is 5.21. The topological polar surface area (TPSA) is 87.5 Å². The summed E-state index contributed by atoms with van der Waals surface area (Å²) in [7, 11) is 3.39. The van der Waals surface area contributed by atoms with E-state index >= 15 is 0 Å². The molecule has 3 aromatic rings. The van der Waals surface area contributed by atoms with Crippen LogP contribution in [0.4, 0.5) is 17.2 Å². The van der Waals surface area contributed by atoms with Crippen molar-refractivity contribution < 1.29 is 14.0 Å². The number of aryl methyl sites for hydroxylation is 1. The predicted octanol–water partition coefficient (Wildman–Crippen LogP) is 3.68. The molecule has 0 saturated heterocycles. The fourth-order valence-corrected chi connectivity index (χ4v) is 2.40. The van der Waals surface area contributed by atoms with E-state index in [9.17, 15) is 9.59 Å². The van der Waals surface area contributed by atoms with E-state index < -0.39 is 0 Å². The van der Waals surface area contributed by atoms with Crippen LogP contribution < -0.4 is 10.6 Å². The van der Waals surface area contributed by atoms with Gasteiger partial charge in [-0.1, -0.05) is 0 Å². The summed E-state index contributed by atoms with van der Waals surface area (Å²) in [6.45, 7) is 1.79. The molecule has 7 nitrogen and oxygen atoms in total. The highest BCUT2D eigenvalue weighted by Crippen LogP contribution is 2.19. The minimum absolute atomic E-state index is 0.0954. The molecule has 7 heteroatoms. The molecule has 0 spiro atoms. The minimum atomic E-state index is -0.227. The lowest BCUT2D eigenvalue weighted by Gasteiger charge is -2.11. The normalized spacial score (nSPS) is 10.3. The molecule has 0 radical (unpaired) electrons. The van der Waals surface area contributed by atoms with Crippen LogP contribution in [0.5, 0.6) is 0 Å². The fraction of sp³-hybridized carbons (Fsp3) is 0.150. The molecule has 2 amide bonds. The van der Waals surface area contributed by atoms with Gasteiger partial charge >= 0.3 is 0 Å². The Morgan fingerprint density at radius 2 is 1.70 bits per heavy atom. The molecule has 2 heterocycles. The largest absolute Gasteiger partial charge is 0.469 e. The Balaban J connectivity index is 1.62. The summed E-state index contributed by atoms with van der Waals surface area (Å²) in [4.78, 5) is 29.7. The number of nitrogens with one attached hydrogen (secondary N) is 2. The average molecular weight is 364 g/mol. The van der Waals surface area contributed by atoms with E-state index in [-0.39, 0.29) is 11.8 Å². The van der Waals surface area contributed by atoms with E-state index in [0.29, 0.717) is 28.4 Å². The van der Waals surface area contributed by atoms with Crippen molar-refractivity contribution in [2.45, 2.75) is 6.92 Å². The maximum Gasteiger partial charge on any atom is 0.258 e. The first kappa shape index (κ1) is 18.2. The van der Waals surface area contributed by atoms with Gasteiger partial charge in [0.15, 0.2) is 0 Å². The number of hydrogen-bond donors (Lipinski definition) is 2. The average Bonchev–Trinajstić information content (AvgIpc) is 3.10. The minimum Gasteiger partial charge on any atom is -0.469 e. The Bertz CT molecular complexity index is 944. The first-order chi connectivity index (χ1) is 12.9. The second-order valence-electron chi connectivity index (χ2n) is 6.23. The van der Waals surface area contributed by atoms with Crippen LogP contribution in [-0.4, -0.2) is 35.8 Å². The van der Waals surface area contributed by atoms with E-state index in [1.165, 1.54) is 17.4 Å². The first-order valence-corrected chi connectivity index (χ1v) is 8.33. The molecule has 138 valence electrons. The molecule has 0 aliphatic heterocycles. The Labute approximate surface area is 157 Å². The summed E-state index contributed by atoms with van der Waals surface area (Å²) < 4.78 is 5.14. The third-order valence-corrected chi connectivity index (χ3v) is 3.82. The van der Waals surface area contributed by atoms with Gasteiger partial charge in [-0.15, -0.1) is 0 Å². The first-order valence-electron chi connectivity index (χ1n) is 8.33. The van der Waals surface area contributed by atoms with Crippen LogP contribution >= 0.6 is 0 Å². The van der Waals surface area contributed by atoms with Gasteiger partial charge in [0.2, 0.25) is 0 Å². The number of rotatable bonds is 5. The van der Waals surface area contributed by atoms with Gasteiger partial charge in [-0.25, -0.2) is 4.98 Å². The molecule has 0 unspecified atom stereocenters. The van der Waals surface area contributed by atoms with E-state index in [1.807, 2.05) is 12.1 Å². The van der Waals surface area contributed by atoms with Gasteiger partial charge < -0.3 is 20.0 Å². The lowest BCUT2D eigenvalue weighted by Crippen LogP contribution is -2.21. The number of carbonyl (C=O) groups is 2. The summed E-state index contributed by atoms with van der Waals surface area (Å²) in [6.07, 6.45) is 2.96. The third kappa shape index (κ3) is 4.52. The zero-order chi connectivity index (χ0) is 19.4. The standard InChI is InChI=1S/C20H20N4O3/c1-13-10-15(12-27-13)19(25)23-17-7-5-16(6-8-17)22-18-9-4-14(11-21-18)20(26)24(2)3/h4-12H,1-3H3,(H,21,22)(H,23,25). The number of amides is 2. The molecule has 1 aromatic carbocycles. The van der Waals surface area contributed by atoms with Crippen molar-refractivity contribution in [2.24, 2.45) is 0 Å². The summed E-state index contributed by atoms with van der Waals surface area (Å²) in [6, 6.07) is 12.4. The van der Waals surface area contributed by atoms with Crippen molar-refractivity contribution in [1.29, 1.82) is 0 Å². The van der Waals surface area contributed by atoms with Crippen LogP contribution in [0.1, 0.15) is 26.5 Å². The second kappa shape index (κ2) is 7.74. The number of anilines is 3. The number of pyridine rings is 1. The van der Waals surface area contributed by atoms with Crippen molar-refractivity contribution >= 4 is 29.0 Å². The van der Waals surface area contributed by atoms with Gasteiger partial charge in [-0.3, -0.25) is 9.59 Å². The molecular formula is C20H20N4O3. The SMILES string of the molecule is Cc1cc(C(=O)Nc2ccc(Nc3ccc(C(=O)N(C)C)cn3)cc2)co1. The maximum atomic E-state index is 12.1. The molecule has 27 heavy (non-hydrogen) atoms. The zero-order valence-electron chi connectivity index (χ0n) is 15.3. The smallest absolute Gasteiger partial charge is 0.258 e. The molecule has 2 aromatic heterocycles. The zero-order valence-corrected chi connectivity index (χ0v) is 15.3. The number of hydrogen-bond acceptors (Lipinski definition) is 5. The molecule has 0 aliphatic carbocycles. The molecule has 0 saturated carbocycles. The monoisotopic (exact) mass is 364 g/mol. The maximum absolute atomic E-state index is 12.1. The van der Waals surface area contributed by atoms with Crippen molar-refractivity contribution in [3.05, 3.63) is 71.8 Å². The van der Waals surface area contributed by atoms with Crippen LogP contribution in [0.15, 0.2) is 59.3 Å². The van der Waals surface area contributed by atoms with Crippen LogP contribution in [0.2, 0.25) is 0 Å². The molecule has 0 aliphatic rings. The molecule has 2 N–H and O–H groups in total. The van der Waals surface area contributed by atoms with Crippen LogP contribution in [-0.2, 0) is 0 Å². The van der Waals surface area contributed by atoms with Crippen molar-refractivity contribution in [1.82, 2.24) is 9.88 Å². The van der Waals surface area contributed by atoms with Gasteiger partial charge in [0.1, 0.15) is 17.8 Å². The number of nitrogens with zero attached hydrogens (tertiary/aromatic N) is 2. The van der Waals surface area contributed by atoms with Gasteiger partial charge in [0.25, 0.3) is 11.8 Å². The van der Waals surface area contributed by atoms with Crippen LogP contribution in [0.3, 0.4) is 0 Å². The van der Waals surface area contributed by atoms with E-state index in [1.54, 1.807) is 51.4 Å². The number of benzene rings is 1. The van der Waals surface area contributed by atoms with Crippen LogP contribution in [0.25, 0.3) is 0 Å². The highest BCUT2D eigenvalue weighted by molar-refractivity contribution is 6.04. The molecular weight excluding hydrogens is 344 g/mol. The lowest BCUT2D eigenvalue weighted by molar-refractivity contribution is 0.0827. The summed E-state index contributed by atoms with van der Waals surface area (Å²) in [5, 5.41) is 5.96. The summed E-state index contributed by atoms with van der Waals surface area (Å²) >= 11 is 0. The summed E-state index contributed by atoms with van der Waals surface area (Å²) in [5.41, 5.74) is 2.49. The predicted molar refractivity (Wildman–Crippen MR) is 103 cm³/mol. The molecule has 0 atom stereocenters. The van der Waals surface area contributed by atoms with Crippen molar-refractivity contribution in [2.75, 3.05) is 24.7 Å². The van der Waals surface area contributed by atoms with E-state index in [4.69, 9.17) is 4.42 Å². The Hall–Kier alpha value is -3.61. The highest BCUT2D eigenvalue weighted by atomic mass is 16.3. The number of aromatic nitrogens is 1. The fourth-order valence-electron chi connectivity index (χ4n) is 2.40. The lowest BCUT2D eigenvalue weighted by atomic mass is 10.2.